The third-order valence-corrected chi connectivity index (χ3v) is 4.37. The van der Waals surface area contributed by atoms with Gasteiger partial charge in [-0.1, -0.05) is 24.3 Å². The van der Waals surface area contributed by atoms with Gasteiger partial charge in [-0.05, 0) is 30.9 Å². The van der Waals surface area contributed by atoms with E-state index in [1.165, 1.54) is 0 Å². The molecule has 2 N–H and O–H groups in total. The number of benzene rings is 1. The van der Waals surface area contributed by atoms with Crippen molar-refractivity contribution in [2.75, 3.05) is 6.54 Å². The molecule has 1 amide bonds. The zero-order valence-electron chi connectivity index (χ0n) is 12.1. The van der Waals surface area contributed by atoms with Crippen LogP contribution in [0.5, 0.6) is 0 Å². The molecule has 2 unspecified atom stereocenters. The van der Waals surface area contributed by atoms with Gasteiger partial charge in [0.25, 0.3) is 0 Å². The molecule has 5 heteroatoms. The average Bonchev–Trinajstić information content (AvgIpc) is 3.29. The Labute approximate surface area is 123 Å². The second kappa shape index (κ2) is 5.48. The molecule has 1 heterocycles. The predicted octanol–water partition coefficient (Wildman–Crippen LogP) is 1.34. The Morgan fingerprint density at radius 1 is 1.33 bits per heavy atom. The van der Waals surface area contributed by atoms with Gasteiger partial charge in [-0.2, -0.15) is 0 Å². The molecule has 112 valence electrons. The Kier molecular flexibility index (Phi) is 3.68. The molecule has 0 spiro atoms. The van der Waals surface area contributed by atoms with Gasteiger partial charge in [-0.15, -0.1) is 0 Å². The highest BCUT2D eigenvalue weighted by atomic mass is 16.4. The van der Waals surface area contributed by atoms with Crippen molar-refractivity contribution in [2.45, 2.75) is 44.3 Å². The molecule has 1 saturated carbocycles. The Morgan fingerprint density at radius 2 is 2.05 bits per heavy atom. The number of aliphatic carboxylic acids is 1. The molecule has 1 aromatic rings. The molecule has 1 aromatic carbocycles. The summed E-state index contributed by atoms with van der Waals surface area (Å²) < 4.78 is 0. The van der Waals surface area contributed by atoms with Gasteiger partial charge in [-0.25, -0.2) is 0 Å². The van der Waals surface area contributed by atoms with E-state index in [1.807, 2.05) is 36.1 Å². The monoisotopic (exact) mass is 288 g/mol. The lowest BCUT2D eigenvalue weighted by atomic mass is 9.89. The molecular weight excluding hydrogens is 268 g/mol. The summed E-state index contributed by atoms with van der Waals surface area (Å²) in [6, 6.07) is 7.63. The van der Waals surface area contributed by atoms with Crippen LogP contribution in [0.2, 0.25) is 0 Å². The number of hydrogen-bond acceptors (Lipinski definition) is 3. The van der Waals surface area contributed by atoms with Crippen LogP contribution in [0, 0.1) is 0 Å². The molecule has 0 aromatic heterocycles. The lowest BCUT2D eigenvalue weighted by Gasteiger charge is -2.36. The normalized spacial score (nSPS) is 23.2. The van der Waals surface area contributed by atoms with Crippen molar-refractivity contribution >= 4 is 11.9 Å². The van der Waals surface area contributed by atoms with E-state index in [2.05, 4.69) is 5.32 Å². The minimum Gasteiger partial charge on any atom is -0.481 e. The number of nitrogens with one attached hydrogen (secondary N) is 1. The van der Waals surface area contributed by atoms with Crippen molar-refractivity contribution in [2.24, 2.45) is 0 Å². The van der Waals surface area contributed by atoms with E-state index >= 15 is 0 Å². The summed E-state index contributed by atoms with van der Waals surface area (Å²) in [5, 5.41) is 12.4. The van der Waals surface area contributed by atoms with Gasteiger partial charge >= 0.3 is 5.97 Å². The first kappa shape index (κ1) is 14.1. The maximum Gasteiger partial charge on any atom is 0.312 e. The molecule has 1 aliphatic heterocycles. The van der Waals surface area contributed by atoms with Gasteiger partial charge in [0, 0.05) is 19.1 Å². The van der Waals surface area contributed by atoms with E-state index in [0.29, 0.717) is 19.1 Å². The number of amides is 1. The second-order valence-electron chi connectivity index (χ2n) is 5.98. The molecule has 0 radical (unpaired) electrons. The summed E-state index contributed by atoms with van der Waals surface area (Å²) >= 11 is 0. The minimum atomic E-state index is -0.832. The lowest BCUT2D eigenvalue weighted by molar-refractivity contribution is -0.140. The fourth-order valence-electron chi connectivity index (χ4n) is 2.86. The minimum absolute atomic E-state index is 0.000944. The van der Waals surface area contributed by atoms with Crippen LogP contribution in [0.25, 0.3) is 0 Å². The highest BCUT2D eigenvalue weighted by Crippen LogP contribution is 2.30. The number of carbonyl (C=O) groups excluding carboxylic acids is 1. The second-order valence-corrected chi connectivity index (χ2v) is 5.98. The molecule has 5 nitrogen and oxygen atoms in total. The maximum absolute atomic E-state index is 12.2. The van der Waals surface area contributed by atoms with Crippen LogP contribution in [0.3, 0.4) is 0 Å². The number of nitrogens with zero attached hydrogens (tertiary/aromatic N) is 1. The van der Waals surface area contributed by atoms with Crippen molar-refractivity contribution in [1.29, 1.82) is 0 Å². The standard InChI is InChI=1S/C16H20N2O3/c1-10(15(19)17-12-6-7-12)18-8-11-4-2-3-5-13(11)14(9-18)16(20)21/h2-5,10,12,14H,6-9H2,1H3,(H,17,19)(H,20,21). The quantitative estimate of drug-likeness (QED) is 0.877. The number of rotatable bonds is 4. The molecule has 2 atom stereocenters. The first-order chi connectivity index (χ1) is 10.1. The highest BCUT2D eigenvalue weighted by Gasteiger charge is 2.35. The number of carboxylic acids is 1. The summed E-state index contributed by atoms with van der Waals surface area (Å²) in [4.78, 5) is 25.7. The van der Waals surface area contributed by atoms with Gasteiger partial charge in [0.15, 0.2) is 0 Å². The lowest BCUT2D eigenvalue weighted by Crippen LogP contribution is -2.49. The molecule has 1 fully saturated rings. The highest BCUT2D eigenvalue weighted by molar-refractivity contribution is 5.82. The van der Waals surface area contributed by atoms with Gasteiger partial charge in [-0.3, -0.25) is 14.5 Å². The smallest absolute Gasteiger partial charge is 0.312 e. The van der Waals surface area contributed by atoms with Crippen molar-refractivity contribution in [3.8, 4) is 0 Å². The zero-order chi connectivity index (χ0) is 15.0. The number of hydrogen-bond donors (Lipinski definition) is 2. The molecule has 0 saturated heterocycles. The maximum atomic E-state index is 12.2. The SMILES string of the molecule is CC(C(=O)NC1CC1)N1Cc2ccccc2C(C(=O)O)C1. The van der Waals surface area contributed by atoms with Crippen LogP contribution >= 0.6 is 0 Å². The van der Waals surface area contributed by atoms with Crippen molar-refractivity contribution in [1.82, 2.24) is 10.2 Å². The molecule has 1 aliphatic carbocycles. The summed E-state index contributed by atoms with van der Waals surface area (Å²) in [6.07, 6.45) is 2.11. The molecular formula is C16H20N2O3. The fourth-order valence-corrected chi connectivity index (χ4v) is 2.86. The van der Waals surface area contributed by atoms with Gasteiger partial charge in [0.05, 0.1) is 12.0 Å². The van der Waals surface area contributed by atoms with Gasteiger partial charge in [0.1, 0.15) is 0 Å². The van der Waals surface area contributed by atoms with Gasteiger partial charge in [0.2, 0.25) is 5.91 Å². The summed E-state index contributed by atoms with van der Waals surface area (Å²) in [7, 11) is 0. The first-order valence-corrected chi connectivity index (χ1v) is 7.41. The molecule has 3 rings (SSSR count). The Bertz CT molecular complexity index is 568. The van der Waals surface area contributed by atoms with Crippen LogP contribution in [0.15, 0.2) is 24.3 Å². The van der Waals surface area contributed by atoms with E-state index in [1.54, 1.807) is 0 Å². The third kappa shape index (κ3) is 2.93. The largest absolute Gasteiger partial charge is 0.481 e. The van der Waals surface area contributed by atoms with Crippen LogP contribution in [0.4, 0.5) is 0 Å². The van der Waals surface area contributed by atoms with E-state index in [4.69, 9.17) is 0 Å². The number of carboxylic acid groups (broad SMARTS) is 1. The van der Waals surface area contributed by atoms with Crippen LogP contribution < -0.4 is 5.32 Å². The fraction of sp³-hybridized carbons (Fsp3) is 0.500. The van der Waals surface area contributed by atoms with E-state index in [0.717, 1.165) is 24.0 Å². The Hall–Kier alpha value is -1.88. The summed E-state index contributed by atoms with van der Waals surface area (Å²) in [5.41, 5.74) is 1.87. The Balaban J connectivity index is 1.78. The topological polar surface area (TPSA) is 69.6 Å². The Morgan fingerprint density at radius 3 is 2.71 bits per heavy atom. The predicted molar refractivity (Wildman–Crippen MR) is 77.9 cm³/mol. The van der Waals surface area contributed by atoms with E-state index in [9.17, 15) is 14.7 Å². The van der Waals surface area contributed by atoms with Crippen LogP contribution in [0.1, 0.15) is 36.8 Å². The van der Waals surface area contributed by atoms with Crippen molar-refractivity contribution in [3.05, 3.63) is 35.4 Å². The molecule has 21 heavy (non-hydrogen) atoms. The third-order valence-electron chi connectivity index (χ3n) is 4.37. The van der Waals surface area contributed by atoms with E-state index < -0.39 is 11.9 Å². The zero-order valence-corrected chi connectivity index (χ0v) is 12.1. The average molecular weight is 288 g/mol. The molecule has 0 bridgehead atoms. The van der Waals surface area contributed by atoms with Crippen molar-refractivity contribution in [3.63, 3.8) is 0 Å². The van der Waals surface area contributed by atoms with Crippen molar-refractivity contribution < 1.29 is 14.7 Å². The summed E-state index contributed by atoms with van der Waals surface area (Å²) in [5.74, 6) is -1.39. The first-order valence-electron chi connectivity index (χ1n) is 7.41. The van der Waals surface area contributed by atoms with E-state index in [-0.39, 0.29) is 11.9 Å². The number of fused-ring (bicyclic) bond motifs is 1. The van der Waals surface area contributed by atoms with Gasteiger partial charge < -0.3 is 10.4 Å². The van der Waals surface area contributed by atoms with Crippen LogP contribution in [-0.4, -0.2) is 40.5 Å². The molecule has 2 aliphatic rings. The number of carbonyl (C=O) groups is 2. The summed E-state index contributed by atoms with van der Waals surface area (Å²) in [6.45, 7) is 2.86. The van der Waals surface area contributed by atoms with Crippen LogP contribution in [-0.2, 0) is 16.1 Å².